The van der Waals surface area contributed by atoms with E-state index in [0.29, 0.717) is 23.8 Å². The molecule has 1 saturated heterocycles. The predicted molar refractivity (Wildman–Crippen MR) is 115 cm³/mol. The van der Waals surface area contributed by atoms with Crippen LogP contribution < -0.4 is 4.74 Å². The highest BCUT2D eigenvalue weighted by atomic mass is 16.5. The van der Waals surface area contributed by atoms with Crippen molar-refractivity contribution in [2.75, 3.05) is 13.1 Å². The standard InChI is InChI=1S/C25H32N2O4/c28-18-8-7-16-11-19-25(29)12-17(26-30)20(15-3-1-2-4-15)23-24(25,21(16)22(18)31-23)9-10-27(19)13-14-5-6-14/h7-8,14-15,19-20,23,28-30H,1-6,9-13H2/t19-,20?,23+,24+,25-/m1/s1. The number of hydrogen-bond donors (Lipinski definition) is 3. The van der Waals surface area contributed by atoms with Crippen LogP contribution >= 0.6 is 0 Å². The van der Waals surface area contributed by atoms with Gasteiger partial charge in [0.05, 0.1) is 16.7 Å². The molecule has 3 N–H and O–H groups in total. The number of aliphatic hydroxyl groups is 1. The molecule has 0 amide bonds. The summed E-state index contributed by atoms with van der Waals surface area (Å²) in [6.45, 7) is 2.01. The first-order valence-corrected chi connectivity index (χ1v) is 12.3. The number of hydrogen-bond acceptors (Lipinski definition) is 6. The molecule has 2 bridgehead atoms. The minimum absolute atomic E-state index is 0.00107. The van der Waals surface area contributed by atoms with Crippen molar-refractivity contribution in [3.8, 4) is 11.5 Å². The fraction of sp³-hybridized carbons (Fsp3) is 0.720. The van der Waals surface area contributed by atoms with Gasteiger partial charge in [-0.25, -0.2) is 0 Å². The molecule has 3 saturated carbocycles. The summed E-state index contributed by atoms with van der Waals surface area (Å²) >= 11 is 0. The Morgan fingerprint density at radius 2 is 1.97 bits per heavy atom. The van der Waals surface area contributed by atoms with Crippen LogP contribution in [0, 0.1) is 17.8 Å². The average molecular weight is 425 g/mol. The fourth-order valence-electron chi connectivity index (χ4n) is 8.30. The smallest absolute Gasteiger partial charge is 0.165 e. The summed E-state index contributed by atoms with van der Waals surface area (Å²) in [6, 6.07) is 3.81. The van der Waals surface area contributed by atoms with Crippen LogP contribution in [0.15, 0.2) is 17.3 Å². The molecule has 5 atom stereocenters. The molecular formula is C25H32N2O4. The fourth-order valence-corrected chi connectivity index (χ4v) is 8.30. The zero-order valence-corrected chi connectivity index (χ0v) is 18.0. The SMILES string of the molecule is ON=C1C[C@@]2(O)[C@H]3Cc4ccc(O)c5c4[C@@]2(CCN3CC2CC2)[C@@H](O5)C1C1CCCC1. The lowest BCUT2D eigenvalue weighted by Crippen LogP contribution is -2.78. The van der Waals surface area contributed by atoms with Crippen LogP contribution in [0.25, 0.3) is 0 Å². The topological polar surface area (TPSA) is 85.5 Å². The normalized spacial score (nSPS) is 42.6. The number of aromatic hydroxyl groups is 1. The Labute approximate surface area is 182 Å². The third kappa shape index (κ3) is 2.23. The monoisotopic (exact) mass is 424 g/mol. The number of oxime groups is 1. The predicted octanol–water partition coefficient (Wildman–Crippen LogP) is 3.20. The molecule has 0 radical (unpaired) electrons. The summed E-state index contributed by atoms with van der Waals surface area (Å²) in [6.07, 6.45) is 8.95. The number of rotatable bonds is 3. The molecular weight excluding hydrogens is 392 g/mol. The highest BCUT2D eigenvalue weighted by Crippen LogP contribution is 2.67. The second kappa shape index (κ2) is 6.16. The van der Waals surface area contributed by atoms with Gasteiger partial charge in [-0.1, -0.05) is 24.1 Å². The van der Waals surface area contributed by atoms with Crippen LogP contribution in [0.4, 0.5) is 0 Å². The summed E-state index contributed by atoms with van der Waals surface area (Å²) in [5.74, 6) is 1.93. The summed E-state index contributed by atoms with van der Waals surface area (Å²) in [5.41, 5.74) is 1.43. The minimum Gasteiger partial charge on any atom is -0.504 e. The molecule has 1 aromatic carbocycles. The van der Waals surface area contributed by atoms with E-state index in [9.17, 15) is 15.4 Å². The van der Waals surface area contributed by atoms with Gasteiger partial charge < -0.3 is 20.2 Å². The maximum absolute atomic E-state index is 12.6. The molecule has 31 heavy (non-hydrogen) atoms. The Kier molecular flexibility index (Phi) is 3.73. The van der Waals surface area contributed by atoms with Gasteiger partial charge in [-0.3, -0.25) is 4.90 Å². The second-order valence-corrected chi connectivity index (χ2v) is 11.1. The Balaban J connectivity index is 1.43. The summed E-state index contributed by atoms with van der Waals surface area (Å²) in [4.78, 5) is 2.51. The van der Waals surface area contributed by atoms with Gasteiger partial charge in [0, 0.05) is 30.5 Å². The molecule has 0 aromatic heterocycles. The molecule has 1 spiro atoms. The maximum atomic E-state index is 12.6. The number of phenolic OH excluding ortho intramolecular Hbond substituents is 1. The number of ether oxygens (including phenoxy) is 1. The van der Waals surface area contributed by atoms with Gasteiger partial charge in [0.1, 0.15) is 6.10 Å². The summed E-state index contributed by atoms with van der Waals surface area (Å²) < 4.78 is 6.64. The molecule has 6 aliphatic rings. The summed E-state index contributed by atoms with van der Waals surface area (Å²) in [7, 11) is 0. The van der Waals surface area contributed by atoms with E-state index in [1.807, 2.05) is 0 Å². The maximum Gasteiger partial charge on any atom is 0.165 e. The highest BCUT2D eigenvalue weighted by molar-refractivity contribution is 5.91. The van der Waals surface area contributed by atoms with Crippen molar-refractivity contribution < 1.29 is 20.2 Å². The van der Waals surface area contributed by atoms with E-state index < -0.39 is 11.0 Å². The molecule has 1 unspecified atom stereocenters. The van der Waals surface area contributed by atoms with Gasteiger partial charge in [0.15, 0.2) is 11.5 Å². The van der Waals surface area contributed by atoms with Gasteiger partial charge >= 0.3 is 0 Å². The van der Waals surface area contributed by atoms with Gasteiger partial charge in [-0.2, -0.15) is 0 Å². The molecule has 4 fully saturated rings. The number of benzene rings is 1. The van der Waals surface area contributed by atoms with Crippen LogP contribution in [0.3, 0.4) is 0 Å². The Bertz CT molecular complexity index is 969. The van der Waals surface area contributed by atoms with E-state index in [1.165, 1.54) is 31.2 Å². The minimum atomic E-state index is -1.03. The van der Waals surface area contributed by atoms with Gasteiger partial charge in [-0.15, -0.1) is 0 Å². The van der Waals surface area contributed by atoms with Crippen molar-refractivity contribution in [2.45, 2.75) is 80.9 Å². The van der Waals surface area contributed by atoms with Crippen molar-refractivity contribution in [1.82, 2.24) is 4.90 Å². The van der Waals surface area contributed by atoms with E-state index in [0.717, 1.165) is 50.3 Å². The molecule has 6 heteroatoms. The van der Waals surface area contributed by atoms with Gasteiger partial charge in [0.2, 0.25) is 0 Å². The molecule has 6 nitrogen and oxygen atoms in total. The Morgan fingerprint density at radius 3 is 2.71 bits per heavy atom. The van der Waals surface area contributed by atoms with Crippen molar-refractivity contribution in [2.24, 2.45) is 22.9 Å². The lowest BCUT2D eigenvalue weighted by atomic mass is 9.46. The molecule has 7 rings (SSSR count). The van der Waals surface area contributed by atoms with Crippen molar-refractivity contribution in [3.05, 3.63) is 23.3 Å². The molecule has 1 aromatic rings. The average Bonchev–Trinajstić information content (AvgIpc) is 3.27. The van der Waals surface area contributed by atoms with Gasteiger partial charge in [-0.05, 0) is 68.5 Å². The van der Waals surface area contributed by atoms with E-state index in [2.05, 4.69) is 16.1 Å². The van der Waals surface area contributed by atoms with E-state index in [-0.39, 0.29) is 23.8 Å². The Morgan fingerprint density at radius 1 is 1.16 bits per heavy atom. The largest absolute Gasteiger partial charge is 0.504 e. The summed E-state index contributed by atoms with van der Waals surface area (Å²) in [5, 5.41) is 37.2. The molecule has 4 aliphatic carbocycles. The zero-order valence-electron chi connectivity index (χ0n) is 18.0. The van der Waals surface area contributed by atoms with Gasteiger partial charge in [0.25, 0.3) is 0 Å². The zero-order chi connectivity index (χ0) is 21.0. The first kappa shape index (κ1) is 18.8. The third-order valence-electron chi connectivity index (χ3n) is 9.76. The third-order valence-corrected chi connectivity index (χ3v) is 9.76. The van der Waals surface area contributed by atoms with Crippen LogP contribution in [0.2, 0.25) is 0 Å². The molecule has 166 valence electrons. The van der Waals surface area contributed by atoms with Crippen LogP contribution in [-0.2, 0) is 11.8 Å². The quantitative estimate of drug-likeness (QED) is 0.513. The van der Waals surface area contributed by atoms with Crippen LogP contribution in [-0.4, -0.2) is 56.9 Å². The first-order valence-electron chi connectivity index (χ1n) is 12.3. The number of likely N-dealkylation sites (tertiary alicyclic amines) is 1. The lowest BCUT2D eigenvalue weighted by molar-refractivity contribution is -0.178. The number of phenols is 1. The van der Waals surface area contributed by atoms with E-state index >= 15 is 0 Å². The van der Waals surface area contributed by atoms with Crippen LogP contribution in [0.1, 0.15) is 62.5 Å². The number of nitrogens with zero attached hydrogens (tertiary/aromatic N) is 2. The van der Waals surface area contributed by atoms with E-state index in [4.69, 9.17) is 4.74 Å². The molecule has 2 aliphatic heterocycles. The first-order chi connectivity index (χ1) is 15.1. The molecule has 2 heterocycles. The van der Waals surface area contributed by atoms with Crippen LogP contribution in [0.5, 0.6) is 11.5 Å². The highest BCUT2D eigenvalue weighted by Gasteiger charge is 2.74. The van der Waals surface area contributed by atoms with Crippen molar-refractivity contribution in [1.29, 1.82) is 0 Å². The van der Waals surface area contributed by atoms with Crippen molar-refractivity contribution in [3.63, 3.8) is 0 Å². The lowest BCUT2D eigenvalue weighted by Gasteiger charge is -2.64. The van der Waals surface area contributed by atoms with Crippen molar-refractivity contribution >= 4 is 5.71 Å². The second-order valence-electron chi connectivity index (χ2n) is 11.1. The number of piperidine rings is 1. The Hall–Kier alpha value is -1.79. The van der Waals surface area contributed by atoms with E-state index in [1.54, 1.807) is 6.07 Å².